The fourth-order valence-corrected chi connectivity index (χ4v) is 2.90. The second kappa shape index (κ2) is 5.63. The van der Waals surface area contributed by atoms with Gasteiger partial charge in [0.25, 0.3) is 0 Å². The van der Waals surface area contributed by atoms with Gasteiger partial charge in [0.1, 0.15) is 0 Å². The largest absolute Gasteiger partial charge is 0.326 e. The van der Waals surface area contributed by atoms with Gasteiger partial charge in [0, 0.05) is 31.0 Å². The molecule has 5 nitrogen and oxygen atoms in total. The molecular weight excluding hydrogens is 252 g/mol. The second-order valence-corrected chi connectivity index (χ2v) is 5.43. The summed E-state index contributed by atoms with van der Waals surface area (Å²) in [5.41, 5.74) is 3.60. The summed E-state index contributed by atoms with van der Waals surface area (Å²) in [7, 11) is 1.94. The Morgan fingerprint density at radius 2 is 2.40 bits per heavy atom. The van der Waals surface area contributed by atoms with Crippen molar-refractivity contribution >= 4 is 0 Å². The number of aromatic amines is 1. The first-order valence-corrected chi connectivity index (χ1v) is 7.15. The topological polar surface area (TPSA) is 62.7 Å². The Bertz CT molecular complexity index is 643. The molecule has 0 aromatic carbocycles. The van der Waals surface area contributed by atoms with Gasteiger partial charge in [-0.05, 0) is 43.4 Å². The van der Waals surface area contributed by atoms with E-state index in [1.54, 1.807) is 6.07 Å². The van der Waals surface area contributed by atoms with E-state index >= 15 is 0 Å². The zero-order chi connectivity index (χ0) is 13.9. The van der Waals surface area contributed by atoms with Crippen LogP contribution in [0.3, 0.4) is 0 Å². The molecule has 0 aliphatic heterocycles. The van der Waals surface area contributed by atoms with Crippen molar-refractivity contribution in [1.29, 1.82) is 0 Å². The third-order valence-electron chi connectivity index (χ3n) is 3.89. The highest BCUT2D eigenvalue weighted by Crippen LogP contribution is 2.27. The lowest BCUT2D eigenvalue weighted by molar-refractivity contribution is 0.457. The van der Waals surface area contributed by atoms with E-state index in [1.807, 2.05) is 30.2 Å². The summed E-state index contributed by atoms with van der Waals surface area (Å²) in [6.45, 7) is 0.926. The van der Waals surface area contributed by atoms with Crippen molar-refractivity contribution in [2.24, 2.45) is 7.05 Å². The van der Waals surface area contributed by atoms with Gasteiger partial charge in [0.2, 0.25) is 5.56 Å². The smallest absolute Gasteiger partial charge is 0.248 e. The average molecular weight is 272 g/mol. The van der Waals surface area contributed by atoms with Gasteiger partial charge in [0.15, 0.2) is 0 Å². The van der Waals surface area contributed by atoms with E-state index in [0.717, 1.165) is 37.9 Å². The first kappa shape index (κ1) is 13.1. The predicted octanol–water partition coefficient (Wildman–Crippen LogP) is 1.32. The van der Waals surface area contributed by atoms with E-state index in [2.05, 4.69) is 15.4 Å². The number of hydrogen-bond donors (Lipinski definition) is 2. The summed E-state index contributed by atoms with van der Waals surface area (Å²) in [5.74, 6) is 0. The highest BCUT2D eigenvalue weighted by atomic mass is 16.1. The summed E-state index contributed by atoms with van der Waals surface area (Å²) in [6, 6.07) is 3.95. The normalized spacial score (nSPS) is 17.9. The molecule has 106 valence electrons. The third kappa shape index (κ3) is 2.82. The summed E-state index contributed by atoms with van der Waals surface area (Å²) in [6.07, 6.45) is 8.17. The molecule has 20 heavy (non-hydrogen) atoms. The SMILES string of the molecule is Cn1cc(CCNC2CCCc3[nH]c(=O)ccc32)cn1. The van der Waals surface area contributed by atoms with Crippen LogP contribution < -0.4 is 10.9 Å². The van der Waals surface area contributed by atoms with E-state index in [4.69, 9.17) is 0 Å². The molecule has 0 spiro atoms. The first-order chi connectivity index (χ1) is 9.72. The fraction of sp³-hybridized carbons (Fsp3) is 0.467. The molecule has 1 unspecified atom stereocenters. The van der Waals surface area contributed by atoms with Crippen LogP contribution in [0.5, 0.6) is 0 Å². The maximum atomic E-state index is 11.4. The quantitative estimate of drug-likeness (QED) is 0.882. The molecule has 0 fully saturated rings. The van der Waals surface area contributed by atoms with E-state index in [0.29, 0.717) is 6.04 Å². The van der Waals surface area contributed by atoms with Gasteiger partial charge in [-0.2, -0.15) is 5.10 Å². The number of aryl methyl sites for hydroxylation is 2. The van der Waals surface area contributed by atoms with Crippen molar-refractivity contribution in [3.63, 3.8) is 0 Å². The molecule has 2 heterocycles. The number of nitrogens with zero attached hydrogens (tertiary/aromatic N) is 2. The Balaban J connectivity index is 1.63. The molecule has 1 aliphatic carbocycles. The van der Waals surface area contributed by atoms with Crippen LogP contribution in [0.1, 0.15) is 35.7 Å². The molecule has 0 saturated heterocycles. The summed E-state index contributed by atoms with van der Waals surface area (Å²) < 4.78 is 1.83. The summed E-state index contributed by atoms with van der Waals surface area (Å²) in [4.78, 5) is 14.3. The minimum atomic E-state index is -0.000222. The number of fused-ring (bicyclic) bond motifs is 1. The minimum absolute atomic E-state index is 0.000222. The molecular formula is C15H20N4O. The van der Waals surface area contributed by atoms with Crippen molar-refractivity contribution in [1.82, 2.24) is 20.1 Å². The zero-order valence-corrected chi connectivity index (χ0v) is 11.7. The number of hydrogen-bond acceptors (Lipinski definition) is 3. The number of aromatic nitrogens is 3. The zero-order valence-electron chi connectivity index (χ0n) is 11.7. The Hall–Kier alpha value is -1.88. The molecule has 0 amide bonds. The predicted molar refractivity (Wildman–Crippen MR) is 77.7 cm³/mol. The van der Waals surface area contributed by atoms with Gasteiger partial charge in [-0.1, -0.05) is 6.07 Å². The van der Waals surface area contributed by atoms with Gasteiger partial charge in [-0.15, -0.1) is 0 Å². The average Bonchev–Trinajstić information content (AvgIpc) is 2.84. The van der Waals surface area contributed by atoms with Crippen LogP contribution in [-0.4, -0.2) is 21.3 Å². The molecule has 3 rings (SSSR count). The molecule has 1 atom stereocenters. The standard InChI is InChI=1S/C15H20N4O/c1-19-10-11(9-17-19)7-8-16-13-3-2-4-14-12(13)5-6-15(20)18-14/h5-6,9-10,13,16H,2-4,7-8H2,1H3,(H,18,20). The van der Waals surface area contributed by atoms with Crippen molar-refractivity contribution in [3.05, 3.63) is 51.7 Å². The summed E-state index contributed by atoms with van der Waals surface area (Å²) in [5, 5.41) is 7.77. The lowest BCUT2D eigenvalue weighted by atomic mass is 9.91. The Kier molecular flexibility index (Phi) is 3.69. The monoisotopic (exact) mass is 272 g/mol. The lowest BCUT2D eigenvalue weighted by Gasteiger charge is -2.26. The van der Waals surface area contributed by atoms with Crippen LogP contribution in [0.4, 0.5) is 0 Å². The number of rotatable bonds is 4. The van der Waals surface area contributed by atoms with Gasteiger partial charge in [-0.3, -0.25) is 9.48 Å². The highest BCUT2D eigenvalue weighted by molar-refractivity contribution is 5.26. The van der Waals surface area contributed by atoms with Crippen LogP contribution in [0.25, 0.3) is 0 Å². The van der Waals surface area contributed by atoms with Gasteiger partial charge < -0.3 is 10.3 Å². The fourth-order valence-electron chi connectivity index (χ4n) is 2.90. The summed E-state index contributed by atoms with van der Waals surface area (Å²) >= 11 is 0. The van der Waals surface area contributed by atoms with Crippen LogP contribution >= 0.6 is 0 Å². The van der Waals surface area contributed by atoms with Crippen LogP contribution in [0.15, 0.2) is 29.3 Å². The molecule has 2 aromatic heterocycles. The molecule has 0 bridgehead atoms. The number of nitrogens with one attached hydrogen (secondary N) is 2. The first-order valence-electron chi connectivity index (χ1n) is 7.15. The highest BCUT2D eigenvalue weighted by Gasteiger charge is 2.19. The Labute approximate surface area is 118 Å². The van der Waals surface area contributed by atoms with E-state index in [1.165, 1.54) is 11.1 Å². The van der Waals surface area contributed by atoms with Gasteiger partial charge in [-0.25, -0.2) is 0 Å². The van der Waals surface area contributed by atoms with Crippen molar-refractivity contribution in [3.8, 4) is 0 Å². The van der Waals surface area contributed by atoms with Crippen LogP contribution in [-0.2, 0) is 19.9 Å². The van der Waals surface area contributed by atoms with Gasteiger partial charge >= 0.3 is 0 Å². The van der Waals surface area contributed by atoms with E-state index in [9.17, 15) is 4.79 Å². The number of H-pyrrole nitrogens is 1. The number of pyridine rings is 1. The van der Waals surface area contributed by atoms with Crippen LogP contribution in [0.2, 0.25) is 0 Å². The molecule has 0 saturated carbocycles. The van der Waals surface area contributed by atoms with E-state index in [-0.39, 0.29) is 5.56 Å². The van der Waals surface area contributed by atoms with Crippen molar-refractivity contribution in [2.45, 2.75) is 31.7 Å². The molecule has 0 radical (unpaired) electrons. The molecule has 2 N–H and O–H groups in total. The Morgan fingerprint density at radius 1 is 1.50 bits per heavy atom. The maximum Gasteiger partial charge on any atom is 0.248 e. The minimum Gasteiger partial charge on any atom is -0.326 e. The van der Waals surface area contributed by atoms with Gasteiger partial charge in [0.05, 0.1) is 6.20 Å². The van der Waals surface area contributed by atoms with E-state index < -0.39 is 0 Å². The molecule has 5 heteroatoms. The molecule has 1 aliphatic rings. The van der Waals surface area contributed by atoms with Crippen molar-refractivity contribution in [2.75, 3.05) is 6.54 Å². The second-order valence-electron chi connectivity index (χ2n) is 5.43. The molecule has 2 aromatic rings. The lowest BCUT2D eigenvalue weighted by Crippen LogP contribution is -2.28. The Morgan fingerprint density at radius 3 is 3.20 bits per heavy atom. The maximum absolute atomic E-state index is 11.4. The van der Waals surface area contributed by atoms with Crippen molar-refractivity contribution < 1.29 is 0 Å². The van der Waals surface area contributed by atoms with Crippen LogP contribution in [0, 0.1) is 0 Å². The third-order valence-corrected chi connectivity index (χ3v) is 3.89.